The molecule has 0 spiro atoms. The fourth-order valence-electron chi connectivity index (χ4n) is 3.20. The molecule has 1 heterocycles. The summed E-state index contributed by atoms with van der Waals surface area (Å²) in [6.45, 7) is 3.89. The maximum Gasteiger partial charge on any atom is 0.286 e. The Labute approximate surface area is 147 Å². The fourth-order valence-corrected chi connectivity index (χ4v) is 5.24. The molecule has 0 radical (unpaired) electrons. The second kappa shape index (κ2) is 6.78. The summed E-state index contributed by atoms with van der Waals surface area (Å²) in [4.78, 5) is 3.84. The van der Waals surface area contributed by atoms with Crippen LogP contribution in [0.5, 0.6) is 0 Å². The van der Waals surface area contributed by atoms with E-state index in [1.807, 2.05) is 47.4 Å². The first kappa shape index (κ1) is 17.3. The van der Waals surface area contributed by atoms with E-state index in [0.29, 0.717) is 6.42 Å². The summed E-state index contributed by atoms with van der Waals surface area (Å²) in [7, 11) is -4.22. The zero-order chi connectivity index (χ0) is 17.3. The van der Waals surface area contributed by atoms with Crippen molar-refractivity contribution >= 4 is 33.3 Å². The zero-order valence-electron chi connectivity index (χ0n) is 13.8. The Balaban J connectivity index is 2.27. The van der Waals surface area contributed by atoms with Crippen LogP contribution in [0.1, 0.15) is 32.3 Å². The molecular weight excluding hydrogens is 342 g/mol. The van der Waals surface area contributed by atoms with Crippen LogP contribution in [0, 0.1) is 0 Å². The molecule has 2 aromatic carbocycles. The van der Waals surface area contributed by atoms with Crippen LogP contribution < -0.4 is 4.90 Å². The predicted octanol–water partition coefficient (Wildman–Crippen LogP) is 4.87. The molecule has 24 heavy (non-hydrogen) atoms. The lowest BCUT2D eigenvalue weighted by molar-refractivity contribution is 0.464. The van der Waals surface area contributed by atoms with Crippen molar-refractivity contribution in [2.75, 3.05) is 4.90 Å². The van der Waals surface area contributed by atoms with Crippen LogP contribution in [-0.2, 0) is 16.5 Å². The molecule has 1 unspecified atom stereocenters. The van der Waals surface area contributed by atoms with Crippen molar-refractivity contribution in [1.29, 1.82) is 0 Å². The van der Waals surface area contributed by atoms with Gasteiger partial charge >= 0.3 is 0 Å². The van der Waals surface area contributed by atoms with Gasteiger partial charge in [-0.2, -0.15) is 8.42 Å². The zero-order valence-corrected chi connectivity index (χ0v) is 15.4. The van der Waals surface area contributed by atoms with Crippen LogP contribution in [0.15, 0.2) is 52.3 Å². The van der Waals surface area contributed by atoms with Gasteiger partial charge in [-0.15, -0.1) is 0 Å². The number of para-hydroxylation sites is 2. The predicted molar refractivity (Wildman–Crippen MR) is 98.8 cm³/mol. The Morgan fingerprint density at radius 3 is 2.46 bits per heavy atom. The molecule has 6 heteroatoms. The molecule has 0 bridgehead atoms. The molecule has 1 atom stereocenters. The Hall–Kier alpha value is -1.50. The highest BCUT2D eigenvalue weighted by molar-refractivity contribution is 7.99. The van der Waals surface area contributed by atoms with E-state index in [0.717, 1.165) is 39.6 Å². The number of nitrogens with zero attached hydrogens (tertiary/aromatic N) is 1. The topological polar surface area (TPSA) is 57.6 Å². The average Bonchev–Trinajstić information content (AvgIpc) is 2.54. The van der Waals surface area contributed by atoms with Crippen LogP contribution in [-0.4, -0.2) is 18.3 Å². The van der Waals surface area contributed by atoms with Crippen LogP contribution >= 0.6 is 11.8 Å². The molecule has 1 aliphatic rings. The lowest BCUT2D eigenvalue weighted by Gasteiger charge is -2.38. The van der Waals surface area contributed by atoms with Gasteiger partial charge < -0.3 is 4.90 Å². The summed E-state index contributed by atoms with van der Waals surface area (Å²) < 4.78 is 33.9. The second-order valence-electron chi connectivity index (χ2n) is 5.83. The van der Waals surface area contributed by atoms with Gasteiger partial charge in [0, 0.05) is 9.79 Å². The van der Waals surface area contributed by atoms with Gasteiger partial charge in [0.15, 0.2) is 5.37 Å². The molecule has 0 amide bonds. The standard InChI is InChI=1S/C18H21NO3S2/c1-3-8-13-9-7-12-16-18(13)19(17(4-2)24(20,21)22)14-10-5-6-11-15(14)23-16/h5-7,9-12,17H,3-4,8H2,1-2H3,(H,20,21,22). The highest BCUT2D eigenvalue weighted by Gasteiger charge is 2.36. The van der Waals surface area contributed by atoms with E-state index >= 15 is 0 Å². The Morgan fingerprint density at radius 1 is 1.08 bits per heavy atom. The van der Waals surface area contributed by atoms with E-state index in [1.165, 1.54) is 0 Å². The number of aryl methyl sites for hydroxylation is 1. The number of fused-ring (bicyclic) bond motifs is 2. The Morgan fingerprint density at radius 2 is 1.79 bits per heavy atom. The van der Waals surface area contributed by atoms with Crippen molar-refractivity contribution in [3.63, 3.8) is 0 Å². The average molecular weight is 364 g/mol. The summed E-state index contributed by atoms with van der Waals surface area (Å²) in [5.41, 5.74) is 2.86. The summed E-state index contributed by atoms with van der Waals surface area (Å²) >= 11 is 1.65. The van der Waals surface area contributed by atoms with Crippen molar-refractivity contribution in [2.24, 2.45) is 0 Å². The molecular formula is C18H21NO3S2. The monoisotopic (exact) mass is 363 g/mol. The minimum atomic E-state index is -4.22. The van der Waals surface area contributed by atoms with E-state index in [9.17, 15) is 13.0 Å². The van der Waals surface area contributed by atoms with Crippen molar-refractivity contribution in [3.8, 4) is 0 Å². The molecule has 0 fully saturated rings. The van der Waals surface area contributed by atoms with Gasteiger partial charge in [-0.05, 0) is 36.6 Å². The summed E-state index contributed by atoms with van der Waals surface area (Å²) in [5.74, 6) is 0. The van der Waals surface area contributed by atoms with Gasteiger partial charge in [0.2, 0.25) is 0 Å². The largest absolute Gasteiger partial charge is 0.319 e. The summed E-state index contributed by atoms with van der Waals surface area (Å²) in [6, 6.07) is 13.8. The molecule has 2 aromatic rings. The molecule has 0 saturated heterocycles. The Bertz CT molecular complexity index is 849. The first-order valence-electron chi connectivity index (χ1n) is 8.11. The molecule has 0 saturated carbocycles. The van der Waals surface area contributed by atoms with E-state index in [1.54, 1.807) is 18.7 Å². The van der Waals surface area contributed by atoms with Crippen molar-refractivity contribution < 1.29 is 13.0 Å². The highest BCUT2D eigenvalue weighted by atomic mass is 32.2. The lowest BCUT2D eigenvalue weighted by Crippen LogP contribution is -2.39. The number of hydrogen-bond acceptors (Lipinski definition) is 4. The molecule has 4 nitrogen and oxygen atoms in total. The molecule has 3 rings (SSSR count). The van der Waals surface area contributed by atoms with Crippen molar-refractivity contribution in [2.45, 2.75) is 48.3 Å². The van der Waals surface area contributed by atoms with Gasteiger partial charge in [0.05, 0.1) is 11.4 Å². The van der Waals surface area contributed by atoms with Crippen molar-refractivity contribution in [1.82, 2.24) is 0 Å². The SMILES string of the molecule is CCCc1cccc2c1N(C(CC)S(=O)(=O)O)c1ccccc1S2. The highest BCUT2D eigenvalue weighted by Crippen LogP contribution is 2.51. The normalized spacial score (nSPS) is 14.9. The van der Waals surface area contributed by atoms with E-state index in [4.69, 9.17) is 0 Å². The molecule has 1 aliphatic heterocycles. The molecule has 128 valence electrons. The lowest BCUT2D eigenvalue weighted by atomic mass is 10.1. The number of rotatable bonds is 5. The summed E-state index contributed by atoms with van der Waals surface area (Å²) in [6.07, 6.45) is 2.14. The molecule has 0 aliphatic carbocycles. The molecule has 0 aromatic heterocycles. The van der Waals surface area contributed by atoms with Crippen LogP contribution in [0.4, 0.5) is 11.4 Å². The van der Waals surface area contributed by atoms with Crippen LogP contribution in [0.2, 0.25) is 0 Å². The van der Waals surface area contributed by atoms with Crippen molar-refractivity contribution in [3.05, 3.63) is 48.0 Å². The first-order valence-corrected chi connectivity index (χ1v) is 10.4. The van der Waals surface area contributed by atoms with Crippen LogP contribution in [0.25, 0.3) is 0 Å². The van der Waals surface area contributed by atoms with E-state index in [-0.39, 0.29) is 0 Å². The fraction of sp³-hybridized carbons (Fsp3) is 0.333. The minimum Gasteiger partial charge on any atom is -0.319 e. The van der Waals surface area contributed by atoms with Gasteiger partial charge in [-0.1, -0.05) is 56.3 Å². The third-order valence-corrected chi connectivity index (χ3v) is 6.51. The van der Waals surface area contributed by atoms with Crippen LogP contribution in [0.3, 0.4) is 0 Å². The summed E-state index contributed by atoms with van der Waals surface area (Å²) in [5, 5.41) is -0.990. The van der Waals surface area contributed by atoms with Gasteiger partial charge in [0.25, 0.3) is 10.1 Å². The smallest absolute Gasteiger partial charge is 0.286 e. The molecule has 1 N–H and O–H groups in total. The number of benzene rings is 2. The van der Waals surface area contributed by atoms with E-state index in [2.05, 4.69) is 6.92 Å². The number of anilines is 2. The second-order valence-corrected chi connectivity index (χ2v) is 8.49. The van der Waals surface area contributed by atoms with Gasteiger partial charge in [-0.25, -0.2) is 0 Å². The Kier molecular flexibility index (Phi) is 4.90. The van der Waals surface area contributed by atoms with Gasteiger partial charge in [0.1, 0.15) is 0 Å². The van der Waals surface area contributed by atoms with Gasteiger partial charge in [-0.3, -0.25) is 4.55 Å². The third-order valence-electron chi connectivity index (χ3n) is 4.17. The third kappa shape index (κ3) is 3.06. The first-order chi connectivity index (χ1) is 11.5. The minimum absolute atomic E-state index is 0.303. The quantitative estimate of drug-likeness (QED) is 0.768. The maximum atomic E-state index is 12.1. The van der Waals surface area contributed by atoms with E-state index < -0.39 is 15.5 Å². The number of hydrogen-bond donors (Lipinski definition) is 1. The maximum absolute atomic E-state index is 12.1.